The zero-order valence-corrected chi connectivity index (χ0v) is 25.6. The molecule has 0 aromatic heterocycles. The van der Waals surface area contributed by atoms with Gasteiger partial charge in [0.15, 0.2) is 0 Å². The van der Waals surface area contributed by atoms with Crippen molar-refractivity contribution in [3.8, 4) is 0 Å². The quantitative estimate of drug-likeness (QED) is 0.139. The molecule has 0 rings (SSSR count). The lowest BCUT2D eigenvalue weighted by Crippen LogP contribution is -2.62. The fourth-order valence-corrected chi connectivity index (χ4v) is 3.76. The molecule has 0 heterocycles. The Morgan fingerprint density at radius 1 is 0.514 bits per heavy atom. The average molecular weight is 537 g/mol. The molecule has 0 saturated heterocycles. The number of hydrogen-bond acceptors (Lipinski definition) is 9. The van der Waals surface area contributed by atoms with Crippen LogP contribution in [-0.2, 0) is 33.2 Å². The summed E-state index contributed by atoms with van der Waals surface area (Å²) in [6.45, 7) is 29.8. The standard InChI is InChI=1S/C28H60N2O7/c1-10-31-15-16-34-21-22-35-19-17-32-13-11-29-28(8,9)30(27(5,6)7)12-14-33-18-20-36-23-24-37-25-26(2,3)4/h29H,10-25H2,1-9H3. The van der Waals surface area contributed by atoms with Crippen molar-refractivity contribution in [1.29, 1.82) is 0 Å². The Bertz CT molecular complexity index is 508. The summed E-state index contributed by atoms with van der Waals surface area (Å²) in [5.74, 6) is 0. The van der Waals surface area contributed by atoms with E-state index in [1.807, 2.05) is 6.92 Å². The molecular weight excluding hydrogens is 476 g/mol. The van der Waals surface area contributed by atoms with Crippen molar-refractivity contribution in [3.05, 3.63) is 0 Å². The lowest BCUT2D eigenvalue weighted by Gasteiger charge is -2.47. The molecule has 1 N–H and O–H groups in total. The van der Waals surface area contributed by atoms with Crippen molar-refractivity contribution in [3.63, 3.8) is 0 Å². The second-order valence-corrected chi connectivity index (χ2v) is 11.7. The molecule has 0 spiro atoms. The van der Waals surface area contributed by atoms with Crippen LogP contribution in [-0.4, -0.2) is 122 Å². The Balaban J connectivity index is 3.92. The van der Waals surface area contributed by atoms with E-state index in [1.54, 1.807) is 0 Å². The van der Waals surface area contributed by atoms with Crippen LogP contribution in [0.1, 0.15) is 62.3 Å². The fraction of sp³-hybridized carbons (Fsp3) is 1.00. The van der Waals surface area contributed by atoms with E-state index in [0.29, 0.717) is 79.3 Å². The van der Waals surface area contributed by atoms with Gasteiger partial charge in [0.05, 0.1) is 91.6 Å². The first-order valence-corrected chi connectivity index (χ1v) is 14.0. The van der Waals surface area contributed by atoms with Crippen LogP contribution in [0.5, 0.6) is 0 Å². The Hall–Kier alpha value is -0.360. The first kappa shape index (κ1) is 36.6. The molecule has 0 fully saturated rings. The molecule has 0 aliphatic carbocycles. The third-order valence-corrected chi connectivity index (χ3v) is 5.35. The molecule has 0 aromatic rings. The number of hydrogen-bond donors (Lipinski definition) is 1. The Labute approximate surface area is 228 Å². The van der Waals surface area contributed by atoms with Crippen LogP contribution in [0.4, 0.5) is 0 Å². The largest absolute Gasteiger partial charge is 0.379 e. The van der Waals surface area contributed by atoms with E-state index >= 15 is 0 Å². The van der Waals surface area contributed by atoms with Crippen LogP contribution in [0.15, 0.2) is 0 Å². The predicted molar refractivity (Wildman–Crippen MR) is 149 cm³/mol. The smallest absolute Gasteiger partial charge is 0.0701 e. The molecule has 9 nitrogen and oxygen atoms in total. The van der Waals surface area contributed by atoms with Crippen LogP contribution in [0.2, 0.25) is 0 Å². The molecule has 0 bridgehead atoms. The van der Waals surface area contributed by atoms with Crippen LogP contribution >= 0.6 is 0 Å². The van der Waals surface area contributed by atoms with E-state index in [1.165, 1.54) is 0 Å². The fourth-order valence-electron chi connectivity index (χ4n) is 3.76. The van der Waals surface area contributed by atoms with E-state index in [2.05, 4.69) is 65.6 Å². The first-order valence-electron chi connectivity index (χ1n) is 14.0. The zero-order chi connectivity index (χ0) is 28.0. The average Bonchev–Trinajstić information content (AvgIpc) is 2.78. The minimum Gasteiger partial charge on any atom is -0.379 e. The molecule has 9 heteroatoms. The molecule has 0 saturated carbocycles. The Kier molecular flexibility index (Phi) is 21.3. The maximum atomic E-state index is 5.85. The van der Waals surface area contributed by atoms with Gasteiger partial charge in [-0.2, -0.15) is 0 Å². The van der Waals surface area contributed by atoms with Crippen molar-refractivity contribution in [2.24, 2.45) is 5.41 Å². The molecule has 0 unspecified atom stereocenters. The topological polar surface area (TPSA) is 79.9 Å². The Morgan fingerprint density at radius 3 is 1.35 bits per heavy atom. The van der Waals surface area contributed by atoms with Crippen molar-refractivity contribution in [2.45, 2.75) is 73.5 Å². The summed E-state index contributed by atoms with van der Waals surface area (Å²) in [7, 11) is 0. The monoisotopic (exact) mass is 536 g/mol. The summed E-state index contributed by atoms with van der Waals surface area (Å²) in [6.07, 6.45) is 0. The van der Waals surface area contributed by atoms with Crippen LogP contribution in [0.3, 0.4) is 0 Å². The van der Waals surface area contributed by atoms with Crippen molar-refractivity contribution >= 4 is 0 Å². The van der Waals surface area contributed by atoms with E-state index in [-0.39, 0.29) is 16.6 Å². The summed E-state index contributed by atoms with van der Waals surface area (Å²) < 4.78 is 39.0. The lowest BCUT2D eigenvalue weighted by molar-refractivity contribution is -0.0359. The van der Waals surface area contributed by atoms with E-state index in [9.17, 15) is 0 Å². The molecule has 0 radical (unpaired) electrons. The van der Waals surface area contributed by atoms with Gasteiger partial charge in [-0.3, -0.25) is 10.2 Å². The summed E-state index contributed by atoms with van der Waals surface area (Å²) >= 11 is 0. The highest BCUT2D eigenvalue weighted by Gasteiger charge is 2.34. The minimum absolute atomic E-state index is 0.0137. The van der Waals surface area contributed by atoms with Gasteiger partial charge >= 0.3 is 0 Å². The van der Waals surface area contributed by atoms with Gasteiger partial charge in [0.1, 0.15) is 0 Å². The van der Waals surface area contributed by atoms with Crippen LogP contribution in [0.25, 0.3) is 0 Å². The van der Waals surface area contributed by atoms with E-state index < -0.39 is 0 Å². The van der Waals surface area contributed by atoms with Gasteiger partial charge in [-0.1, -0.05) is 20.8 Å². The maximum absolute atomic E-state index is 5.85. The highest BCUT2D eigenvalue weighted by Crippen LogP contribution is 2.22. The lowest BCUT2D eigenvalue weighted by atomic mass is 9.99. The summed E-state index contributed by atoms with van der Waals surface area (Å²) in [6, 6.07) is 0. The minimum atomic E-state index is -0.207. The van der Waals surface area contributed by atoms with Crippen molar-refractivity contribution < 1.29 is 33.2 Å². The van der Waals surface area contributed by atoms with Gasteiger partial charge in [-0.25, -0.2) is 0 Å². The van der Waals surface area contributed by atoms with Crippen LogP contribution < -0.4 is 5.32 Å². The molecular formula is C28H60N2O7. The second-order valence-electron chi connectivity index (χ2n) is 11.7. The van der Waals surface area contributed by atoms with Crippen molar-refractivity contribution in [2.75, 3.05) is 106 Å². The van der Waals surface area contributed by atoms with Gasteiger partial charge in [-0.15, -0.1) is 0 Å². The van der Waals surface area contributed by atoms with Gasteiger partial charge in [0.2, 0.25) is 0 Å². The number of nitrogens with zero attached hydrogens (tertiary/aromatic N) is 1. The summed E-state index contributed by atoms with van der Waals surface area (Å²) in [5, 5.41) is 3.63. The van der Waals surface area contributed by atoms with Gasteiger partial charge in [0, 0.05) is 25.2 Å². The molecule has 0 aromatic carbocycles. The summed E-state index contributed by atoms with van der Waals surface area (Å²) in [4.78, 5) is 2.43. The van der Waals surface area contributed by atoms with Crippen molar-refractivity contribution in [1.82, 2.24) is 10.2 Å². The van der Waals surface area contributed by atoms with Gasteiger partial charge in [-0.05, 0) is 47.0 Å². The van der Waals surface area contributed by atoms with E-state index in [4.69, 9.17) is 33.2 Å². The number of rotatable bonds is 25. The number of ether oxygens (including phenoxy) is 7. The zero-order valence-electron chi connectivity index (χ0n) is 25.6. The highest BCUT2D eigenvalue weighted by atomic mass is 16.6. The summed E-state index contributed by atoms with van der Waals surface area (Å²) in [5.41, 5.74) is -0.0338. The SMILES string of the molecule is CCOCCOCCOCCOCCNC(C)(C)N(CCOCCOCCOCC(C)(C)C)C(C)(C)C. The maximum Gasteiger partial charge on any atom is 0.0701 e. The predicted octanol–water partition coefficient (Wildman–Crippen LogP) is 3.59. The van der Waals surface area contributed by atoms with Crippen LogP contribution in [0, 0.1) is 5.41 Å². The first-order chi connectivity index (χ1) is 17.4. The molecule has 0 atom stereocenters. The van der Waals surface area contributed by atoms with Gasteiger partial charge < -0.3 is 33.2 Å². The normalized spacial score (nSPS) is 13.1. The molecule has 0 amide bonds. The van der Waals surface area contributed by atoms with Gasteiger partial charge in [0.25, 0.3) is 0 Å². The molecule has 224 valence electrons. The Morgan fingerprint density at radius 2 is 0.919 bits per heavy atom. The van der Waals surface area contributed by atoms with E-state index in [0.717, 1.165) is 26.3 Å². The third kappa shape index (κ3) is 23.3. The highest BCUT2D eigenvalue weighted by molar-refractivity contribution is 4.88. The molecule has 0 aliphatic rings. The third-order valence-electron chi connectivity index (χ3n) is 5.35. The molecule has 37 heavy (non-hydrogen) atoms. The molecule has 0 aliphatic heterocycles. The number of nitrogens with one attached hydrogen (secondary N) is 1. The second kappa shape index (κ2) is 21.5.